The zero-order chi connectivity index (χ0) is 32.5. The van der Waals surface area contributed by atoms with Crippen LogP contribution < -0.4 is 9.80 Å². The van der Waals surface area contributed by atoms with E-state index in [0.717, 1.165) is 74.6 Å². The van der Waals surface area contributed by atoms with Crippen LogP contribution in [0.1, 0.15) is 22.3 Å². The molecular formula is C38H46Cl2N4O4. The van der Waals surface area contributed by atoms with Crippen molar-refractivity contribution in [1.29, 1.82) is 0 Å². The van der Waals surface area contributed by atoms with Crippen LogP contribution in [-0.4, -0.2) is 96.7 Å². The molecular weight excluding hydrogens is 647 g/mol. The van der Waals surface area contributed by atoms with Crippen molar-refractivity contribution in [2.24, 2.45) is 0 Å². The predicted molar refractivity (Wildman–Crippen MR) is 204 cm³/mol. The van der Waals surface area contributed by atoms with Crippen molar-refractivity contribution in [1.82, 2.24) is 9.80 Å². The third kappa shape index (κ3) is 11.4. The molecule has 2 aliphatic heterocycles. The largest absolute Gasteiger partial charge is 0.508 e. The van der Waals surface area contributed by atoms with Gasteiger partial charge in [-0.05, 0) is 84.9 Å². The summed E-state index contributed by atoms with van der Waals surface area (Å²) in [6.07, 6.45) is 7.71. The van der Waals surface area contributed by atoms with Crippen LogP contribution >= 0.6 is 24.8 Å². The summed E-state index contributed by atoms with van der Waals surface area (Å²) in [5, 5.41) is 38.0. The molecule has 0 amide bonds. The Bertz CT molecular complexity index is 1470. The summed E-state index contributed by atoms with van der Waals surface area (Å²) < 4.78 is 0. The number of benzene rings is 4. The number of hydrogen-bond acceptors (Lipinski definition) is 8. The number of anilines is 2. The average molecular weight is 694 g/mol. The van der Waals surface area contributed by atoms with E-state index < -0.39 is 0 Å². The van der Waals surface area contributed by atoms with Gasteiger partial charge in [0.1, 0.15) is 23.0 Å². The van der Waals surface area contributed by atoms with E-state index in [2.05, 4.69) is 82.2 Å². The molecule has 0 atom stereocenters. The Morgan fingerprint density at radius 2 is 0.667 bits per heavy atom. The van der Waals surface area contributed by atoms with Crippen LogP contribution in [0.25, 0.3) is 24.3 Å². The fraction of sp³-hybridized carbons (Fsp3) is 0.263. The first-order chi connectivity index (χ1) is 22.2. The van der Waals surface area contributed by atoms with Gasteiger partial charge in [0, 0.05) is 75.9 Å². The first-order valence-corrected chi connectivity index (χ1v) is 15.7. The summed E-state index contributed by atoms with van der Waals surface area (Å²) in [5.74, 6) is 0.259. The number of phenols is 4. The zero-order valence-corrected chi connectivity index (χ0v) is 29.1. The van der Waals surface area contributed by atoms with E-state index in [4.69, 9.17) is 0 Å². The van der Waals surface area contributed by atoms with Gasteiger partial charge in [0.25, 0.3) is 0 Å². The van der Waals surface area contributed by atoms with Crippen LogP contribution in [0, 0.1) is 0 Å². The van der Waals surface area contributed by atoms with Gasteiger partial charge in [0.05, 0.1) is 0 Å². The molecule has 8 nitrogen and oxygen atoms in total. The van der Waals surface area contributed by atoms with E-state index in [1.807, 2.05) is 24.3 Å². The van der Waals surface area contributed by atoms with Crippen LogP contribution in [0.4, 0.5) is 11.4 Å². The van der Waals surface area contributed by atoms with Gasteiger partial charge in [0.15, 0.2) is 0 Å². The van der Waals surface area contributed by atoms with Gasteiger partial charge >= 0.3 is 0 Å². The molecule has 10 heteroatoms. The summed E-state index contributed by atoms with van der Waals surface area (Å²) >= 11 is 0. The summed E-state index contributed by atoms with van der Waals surface area (Å²) in [4.78, 5) is 9.50. The summed E-state index contributed by atoms with van der Waals surface area (Å²) in [7, 11) is 4.31. The Kier molecular flexibility index (Phi) is 14.5. The van der Waals surface area contributed by atoms with Crippen LogP contribution in [0.2, 0.25) is 0 Å². The average Bonchev–Trinajstić information content (AvgIpc) is 3.04. The maximum Gasteiger partial charge on any atom is 0.119 e. The maximum absolute atomic E-state index is 9.49. The van der Waals surface area contributed by atoms with Crippen molar-refractivity contribution in [3.8, 4) is 23.0 Å². The van der Waals surface area contributed by atoms with Crippen molar-refractivity contribution >= 4 is 60.5 Å². The van der Waals surface area contributed by atoms with Crippen LogP contribution in [0.5, 0.6) is 23.0 Å². The highest BCUT2D eigenvalue weighted by atomic mass is 35.5. The van der Waals surface area contributed by atoms with Gasteiger partial charge in [-0.25, -0.2) is 0 Å². The maximum atomic E-state index is 9.49. The van der Waals surface area contributed by atoms with Gasteiger partial charge < -0.3 is 40.0 Å². The van der Waals surface area contributed by atoms with Gasteiger partial charge in [0.2, 0.25) is 0 Å². The van der Waals surface area contributed by atoms with Crippen molar-refractivity contribution < 1.29 is 20.4 Å². The van der Waals surface area contributed by atoms with Crippen molar-refractivity contribution in [2.75, 3.05) is 76.3 Å². The highest BCUT2D eigenvalue weighted by Gasteiger charge is 2.14. The molecule has 0 saturated carbocycles. The molecule has 6 rings (SSSR count). The standard InChI is InChI=1S/2C19H22N2O2.2ClH/c2*1-20-8-10-21(11-9-20)17-6-4-15(5-7-17)2-3-16-12-18(22)14-19(23)13-16;;/h2*2-7,12-14,22-23H,8-11H2,1H3;2*1H/b2*3-2+;;. The first kappa shape index (κ1) is 38.1. The molecule has 4 N–H and O–H groups in total. The van der Waals surface area contributed by atoms with E-state index >= 15 is 0 Å². The number of rotatable bonds is 6. The van der Waals surface area contributed by atoms with Crippen LogP contribution in [0.3, 0.4) is 0 Å². The molecule has 4 aromatic carbocycles. The fourth-order valence-corrected chi connectivity index (χ4v) is 5.54. The van der Waals surface area contributed by atoms with Gasteiger partial charge in [-0.15, -0.1) is 24.8 Å². The lowest BCUT2D eigenvalue weighted by molar-refractivity contribution is 0.313. The summed E-state index contributed by atoms with van der Waals surface area (Å²) in [5.41, 5.74) is 6.23. The Morgan fingerprint density at radius 1 is 0.396 bits per heavy atom. The normalized spacial score (nSPS) is 15.5. The number of nitrogens with zero attached hydrogens (tertiary/aromatic N) is 4. The topological polar surface area (TPSA) is 93.9 Å². The summed E-state index contributed by atoms with van der Waals surface area (Å²) in [6, 6.07) is 26.1. The third-order valence-corrected chi connectivity index (χ3v) is 8.31. The molecule has 48 heavy (non-hydrogen) atoms. The van der Waals surface area contributed by atoms with Crippen molar-refractivity contribution in [3.05, 3.63) is 107 Å². The van der Waals surface area contributed by atoms with Gasteiger partial charge in [-0.2, -0.15) is 0 Å². The molecule has 256 valence electrons. The molecule has 2 saturated heterocycles. The minimum Gasteiger partial charge on any atom is -0.508 e. The lowest BCUT2D eigenvalue weighted by Gasteiger charge is -2.34. The molecule has 0 aliphatic carbocycles. The van der Waals surface area contributed by atoms with E-state index in [9.17, 15) is 20.4 Å². The highest BCUT2D eigenvalue weighted by molar-refractivity contribution is 5.85. The van der Waals surface area contributed by atoms with E-state index in [1.54, 1.807) is 24.3 Å². The first-order valence-electron chi connectivity index (χ1n) is 15.7. The molecule has 2 aliphatic rings. The van der Waals surface area contributed by atoms with E-state index in [0.29, 0.717) is 0 Å². The second-order valence-corrected chi connectivity index (χ2v) is 12.0. The number of piperazine rings is 2. The monoisotopic (exact) mass is 692 g/mol. The quantitative estimate of drug-likeness (QED) is 0.163. The SMILES string of the molecule is CN1CCN(c2ccc(/C=C/c3cc(O)cc(O)c3)cc2)CC1.CN1CCN(c2ccc(/C=C/c3cc(O)cc(O)c3)cc2)CC1.Cl.Cl. The van der Waals surface area contributed by atoms with Crippen molar-refractivity contribution in [3.63, 3.8) is 0 Å². The predicted octanol–water partition coefficient (Wildman–Crippen LogP) is 6.88. The highest BCUT2D eigenvalue weighted by Crippen LogP contribution is 2.24. The Labute approximate surface area is 296 Å². The number of hydrogen-bond donors (Lipinski definition) is 4. The minimum absolute atomic E-state index is 0. The van der Waals surface area contributed by atoms with E-state index in [-0.39, 0.29) is 47.8 Å². The Hall–Kier alpha value is -4.34. The summed E-state index contributed by atoms with van der Waals surface area (Å²) in [6.45, 7) is 8.65. The Morgan fingerprint density at radius 3 is 0.958 bits per heavy atom. The fourth-order valence-electron chi connectivity index (χ4n) is 5.54. The molecule has 0 aromatic heterocycles. The molecule has 2 fully saturated rings. The molecule has 0 bridgehead atoms. The third-order valence-electron chi connectivity index (χ3n) is 8.31. The molecule has 0 unspecified atom stereocenters. The zero-order valence-electron chi connectivity index (χ0n) is 27.4. The molecule has 0 spiro atoms. The van der Waals surface area contributed by atoms with Gasteiger partial charge in [-0.1, -0.05) is 48.6 Å². The lowest BCUT2D eigenvalue weighted by atomic mass is 10.1. The number of likely N-dealkylation sites (N-methyl/N-ethyl adjacent to an activating group) is 2. The lowest BCUT2D eigenvalue weighted by Crippen LogP contribution is -2.44. The smallest absolute Gasteiger partial charge is 0.119 e. The molecule has 2 heterocycles. The minimum atomic E-state index is 0. The number of halogens is 2. The Balaban J connectivity index is 0.000000250. The van der Waals surface area contributed by atoms with Gasteiger partial charge in [-0.3, -0.25) is 0 Å². The molecule has 0 radical (unpaired) electrons. The molecule has 4 aromatic rings. The number of aromatic hydroxyl groups is 4. The van der Waals surface area contributed by atoms with Crippen LogP contribution in [-0.2, 0) is 0 Å². The van der Waals surface area contributed by atoms with Crippen LogP contribution in [0.15, 0.2) is 84.9 Å². The second kappa shape index (κ2) is 18.3. The second-order valence-electron chi connectivity index (χ2n) is 12.0. The number of phenolic OH excluding ortho intramolecular Hbond substituents is 4. The van der Waals surface area contributed by atoms with E-state index in [1.165, 1.54) is 23.5 Å². The van der Waals surface area contributed by atoms with Crippen molar-refractivity contribution in [2.45, 2.75) is 0 Å².